The number of rotatable bonds is 12. The molecule has 0 aromatic carbocycles. The van der Waals surface area contributed by atoms with Crippen LogP contribution in [0.2, 0.25) is 16.6 Å². The number of fused-ring (bicyclic) bond motifs is 1. The van der Waals surface area contributed by atoms with Crippen LogP contribution in [-0.4, -0.2) is 41.6 Å². The molecule has 0 bridgehead atoms. The lowest BCUT2D eigenvalue weighted by molar-refractivity contribution is -0.108. The van der Waals surface area contributed by atoms with E-state index in [2.05, 4.69) is 89.9 Å². The highest BCUT2D eigenvalue weighted by Gasteiger charge is 2.52. The molecule has 2 rings (SSSR count). The zero-order chi connectivity index (χ0) is 25.8. The molecule has 0 radical (unpaired) electrons. The van der Waals surface area contributed by atoms with Gasteiger partial charge in [-0.25, -0.2) is 10.0 Å². The van der Waals surface area contributed by atoms with Gasteiger partial charge in [0.25, 0.3) is 5.91 Å². The van der Waals surface area contributed by atoms with Gasteiger partial charge in [-0.15, -0.1) is 19.7 Å². The summed E-state index contributed by atoms with van der Waals surface area (Å²) in [6.45, 7) is 27.9. The molecular formula is C28H43N3O2Si. The van der Waals surface area contributed by atoms with Crippen LogP contribution in [0.5, 0.6) is 0 Å². The van der Waals surface area contributed by atoms with Crippen LogP contribution in [0, 0.1) is 11.8 Å². The highest BCUT2D eigenvalue weighted by atomic mass is 28.3. The lowest BCUT2D eigenvalue weighted by Gasteiger charge is -2.50. The van der Waals surface area contributed by atoms with Crippen molar-refractivity contribution in [2.75, 3.05) is 7.11 Å². The molecule has 6 heteroatoms. The third-order valence-electron chi connectivity index (χ3n) is 7.56. The van der Waals surface area contributed by atoms with Gasteiger partial charge in [0.1, 0.15) is 5.65 Å². The Morgan fingerprint density at radius 3 is 2.03 bits per heavy atom. The summed E-state index contributed by atoms with van der Waals surface area (Å²) in [4.78, 5) is 23.3. The Bertz CT molecular complexity index is 1000. The summed E-state index contributed by atoms with van der Waals surface area (Å²) in [5.41, 5.74) is 2.75. The third-order valence-corrected chi connectivity index (χ3v) is 14.6. The molecule has 0 saturated carbocycles. The average molecular weight is 482 g/mol. The van der Waals surface area contributed by atoms with Crippen molar-refractivity contribution in [1.29, 1.82) is 0 Å². The van der Waals surface area contributed by atoms with Crippen molar-refractivity contribution in [3.8, 4) is 0 Å². The fourth-order valence-corrected chi connectivity index (χ4v) is 13.0. The first kappa shape index (κ1) is 27.8. The Morgan fingerprint density at radius 1 is 1.03 bits per heavy atom. The molecule has 0 aliphatic heterocycles. The molecule has 0 spiro atoms. The van der Waals surface area contributed by atoms with Crippen LogP contribution in [0.3, 0.4) is 0 Å². The van der Waals surface area contributed by atoms with Crippen molar-refractivity contribution < 1.29 is 9.63 Å². The Labute approximate surface area is 207 Å². The largest absolute Gasteiger partial charge is 0.358 e. The Kier molecular flexibility index (Phi) is 9.26. The van der Waals surface area contributed by atoms with Crippen molar-refractivity contribution in [3.05, 3.63) is 68.1 Å². The molecule has 5 nitrogen and oxygen atoms in total. The first-order valence-corrected chi connectivity index (χ1v) is 14.4. The third kappa shape index (κ3) is 4.71. The smallest absolute Gasteiger partial charge is 0.279 e. The minimum Gasteiger partial charge on any atom is -0.358 e. The topological polar surface area (TPSA) is 47.4 Å². The van der Waals surface area contributed by atoms with Gasteiger partial charge in [-0.05, 0) is 53.7 Å². The minimum absolute atomic E-state index is 0.230. The highest BCUT2D eigenvalue weighted by Crippen LogP contribution is 2.51. The van der Waals surface area contributed by atoms with Gasteiger partial charge >= 0.3 is 0 Å². The van der Waals surface area contributed by atoms with Crippen LogP contribution in [0.1, 0.15) is 58.8 Å². The maximum absolute atomic E-state index is 13.1. The number of hydrogen-bond donors (Lipinski definition) is 0. The van der Waals surface area contributed by atoms with Gasteiger partial charge in [0, 0.05) is 11.6 Å². The van der Waals surface area contributed by atoms with Crippen molar-refractivity contribution >= 4 is 25.2 Å². The molecule has 0 fully saturated rings. The van der Waals surface area contributed by atoms with Gasteiger partial charge in [0.05, 0.1) is 18.7 Å². The Morgan fingerprint density at radius 2 is 1.59 bits per heavy atom. The number of nitrogens with zero attached hydrogens (tertiary/aromatic N) is 3. The van der Waals surface area contributed by atoms with Gasteiger partial charge in [-0.3, -0.25) is 9.63 Å². The van der Waals surface area contributed by atoms with Crippen LogP contribution in [0.15, 0.2) is 62.5 Å². The molecule has 34 heavy (non-hydrogen) atoms. The summed E-state index contributed by atoms with van der Waals surface area (Å²) in [5.74, 6) is 0.434. The summed E-state index contributed by atoms with van der Waals surface area (Å²) in [6, 6.07) is 3.76. The monoisotopic (exact) mass is 481 g/mol. The number of carbonyl (C=O) groups is 1. The molecule has 0 aliphatic carbocycles. The maximum Gasteiger partial charge on any atom is 0.279 e. The van der Waals surface area contributed by atoms with Crippen LogP contribution in [-0.2, 0) is 4.84 Å². The molecular weight excluding hydrogens is 438 g/mol. The van der Waals surface area contributed by atoms with E-state index in [9.17, 15) is 4.79 Å². The molecule has 3 unspecified atom stereocenters. The summed E-state index contributed by atoms with van der Waals surface area (Å²) >= 11 is 0. The van der Waals surface area contributed by atoms with Gasteiger partial charge in [0.15, 0.2) is 8.24 Å². The first-order valence-electron chi connectivity index (χ1n) is 12.3. The van der Waals surface area contributed by atoms with Gasteiger partial charge in [0.2, 0.25) is 0 Å². The fourth-order valence-electron chi connectivity index (χ4n) is 5.88. The number of hydroxylamine groups is 2. The van der Waals surface area contributed by atoms with E-state index in [0.29, 0.717) is 34.0 Å². The van der Waals surface area contributed by atoms with E-state index >= 15 is 0 Å². The van der Waals surface area contributed by atoms with Crippen molar-refractivity contribution in [2.45, 2.75) is 71.1 Å². The summed E-state index contributed by atoms with van der Waals surface area (Å²) in [5, 5.41) is 2.28. The van der Waals surface area contributed by atoms with Crippen molar-refractivity contribution in [1.82, 2.24) is 14.3 Å². The number of amides is 1. The number of aromatic nitrogens is 2. The summed E-state index contributed by atoms with van der Waals surface area (Å²) in [7, 11) is -0.761. The second kappa shape index (κ2) is 11.3. The molecule has 186 valence electrons. The van der Waals surface area contributed by atoms with E-state index in [0.717, 1.165) is 11.0 Å². The second-order valence-electron chi connectivity index (χ2n) is 10.0. The van der Waals surface area contributed by atoms with Gasteiger partial charge < -0.3 is 4.23 Å². The number of allylic oxidation sites excluding steroid dienone is 2. The zero-order valence-corrected chi connectivity index (χ0v) is 23.3. The average Bonchev–Trinajstić information content (AvgIpc) is 3.24. The minimum atomic E-state index is -2.25. The van der Waals surface area contributed by atoms with E-state index < -0.39 is 8.24 Å². The molecule has 1 amide bonds. The molecule has 2 aromatic heterocycles. The predicted octanol–water partition coefficient (Wildman–Crippen LogP) is 7.24. The second-order valence-corrected chi connectivity index (χ2v) is 15.3. The lowest BCUT2D eigenvalue weighted by atomic mass is 9.96. The van der Waals surface area contributed by atoms with Gasteiger partial charge in [-0.2, -0.15) is 0 Å². The molecule has 0 aliphatic rings. The first-order chi connectivity index (χ1) is 16.0. The summed E-state index contributed by atoms with van der Waals surface area (Å²) in [6.07, 6.45) is 9.72. The predicted molar refractivity (Wildman–Crippen MR) is 146 cm³/mol. The van der Waals surface area contributed by atoms with E-state index in [4.69, 9.17) is 9.82 Å². The Balaban J connectivity index is 2.76. The van der Waals surface area contributed by atoms with Gasteiger partial charge in [-0.1, -0.05) is 59.8 Å². The highest BCUT2D eigenvalue weighted by molar-refractivity contribution is 6.83. The molecule has 0 N–H and O–H groups in total. The molecule has 2 heterocycles. The van der Waals surface area contributed by atoms with Crippen LogP contribution in [0.25, 0.3) is 11.0 Å². The van der Waals surface area contributed by atoms with Crippen molar-refractivity contribution in [3.63, 3.8) is 0 Å². The number of carbonyl (C=O) groups excluding carboxylic acids is 1. The fraction of sp³-hybridized carbons (Fsp3) is 0.500. The molecule has 2 aromatic rings. The SMILES string of the molecule is C=CC(C)C(C(C)C=C)[Si](C(C)C)(C(C)C)n1ccc2cc(C(=O)N(OC)C(C)C=C)cnc21. The van der Waals surface area contributed by atoms with E-state index in [1.54, 1.807) is 12.3 Å². The number of pyridine rings is 1. The maximum atomic E-state index is 13.1. The molecule has 0 saturated heterocycles. The van der Waals surface area contributed by atoms with Crippen LogP contribution < -0.4 is 0 Å². The van der Waals surface area contributed by atoms with Crippen LogP contribution in [0.4, 0.5) is 0 Å². The van der Waals surface area contributed by atoms with Crippen molar-refractivity contribution in [2.24, 2.45) is 11.8 Å². The quantitative estimate of drug-likeness (QED) is 0.182. The number of hydrogen-bond acceptors (Lipinski definition) is 3. The standard InChI is InChI=1S/C28H43N3O2Si/c1-12-21(8)26(22(9)13-2)34(19(4)5,20(6)7)30-16-15-24-17-25(18-29-27(24)30)28(32)31(33-11)23(10)14-3/h12-23,26H,1-3H2,4-11H3. The van der Waals surface area contributed by atoms with Crippen LogP contribution >= 0.6 is 0 Å². The zero-order valence-electron chi connectivity index (χ0n) is 22.3. The lowest BCUT2D eigenvalue weighted by Crippen LogP contribution is -2.56. The summed E-state index contributed by atoms with van der Waals surface area (Å²) < 4.78 is 2.48. The molecule has 3 atom stereocenters. The van der Waals surface area contributed by atoms with E-state index in [1.807, 2.05) is 13.0 Å². The van der Waals surface area contributed by atoms with E-state index in [1.165, 1.54) is 12.2 Å². The van der Waals surface area contributed by atoms with E-state index in [-0.39, 0.29) is 11.9 Å². The normalized spacial score (nSPS) is 15.7. The Hall–Kier alpha value is -2.44.